The van der Waals surface area contributed by atoms with Crippen molar-refractivity contribution in [2.75, 3.05) is 26.3 Å². The van der Waals surface area contributed by atoms with Gasteiger partial charge in [0, 0.05) is 13.1 Å². The van der Waals surface area contributed by atoms with Crippen LogP contribution in [0.2, 0.25) is 0 Å². The molecular formula is C4H8BF2NO. The van der Waals surface area contributed by atoms with Gasteiger partial charge in [0.2, 0.25) is 0 Å². The molecule has 1 saturated heterocycles. The van der Waals surface area contributed by atoms with Crippen molar-refractivity contribution < 1.29 is 13.4 Å². The van der Waals surface area contributed by atoms with Crippen LogP contribution in [0.3, 0.4) is 0 Å². The molecule has 0 saturated carbocycles. The largest absolute Gasteiger partial charge is 0.636 e. The van der Waals surface area contributed by atoms with Crippen molar-refractivity contribution in [3.05, 3.63) is 0 Å². The van der Waals surface area contributed by atoms with E-state index in [2.05, 4.69) is 0 Å². The first kappa shape index (κ1) is 6.96. The smallest absolute Gasteiger partial charge is 0.379 e. The summed E-state index contributed by atoms with van der Waals surface area (Å²) in [5, 5.41) is 0. The third kappa shape index (κ3) is 1.91. The van der Waals surface area contributed by atoms with Crippen LogP contribution in [0.1, 0.15) is 0 Å². The van der Waals surface area contributed by atoms with E-state index in [0.717, 1.165) is 4.81 Å². The molecule has 0 bridgehead atoms. The average Bonchev–Trinajstić information content (AvgIpc) is 1.90. The Bertz CT molecular complexity index is 86.6. The zero-order chi connectivity index (χ0) is 6.69. The molecule has 0 radical (unpaired) electrons. The summed E-state index contributed by atoms with van der Waals surface area (Å²) in [7, 11) is -2.31. The standard InChI is InChI=1S/C4H8BF2NO/c6-5(7)8-1-3-9-4-2-8/h1-4H2. The number of morpholine rings is 1. The van der Waals surface area contributed by atoms with Crippen molar-refractivity contribution in [3.63, 3.8) is 0 Å². The molecule has 0 spiro atoms. The Morgan fingerprint density at radius 3 is 2.11 bits per heavy atom. The molecule has 0 aromatic rings. The Kier molecular flexibility index (Phi) is 2.42. The van der Waals surface area contributed by atoms with Crippen LogP contribution < -0.4 is 0 Å². The highest BCUT2D eigenvalue weighted by Gasteiger charge is 2.25. The van der Waals surface area contributed by atoms with Crippen molar-refractivity contribution >= 4 is 7.40 Å². The predicted octanol–water partition coefficient (Wildman–Crippen LogP) is 0.243. The fourth-order valence-electron chi connectivity index (χ4n) is 0.773. The molecule has 1 heterocycles. The van der Waals surface area contributed by atoms with E-state index in [0.29, 0.717) is 26.3 Å². The summed E-state index contributed by atoms with van der Waals surface area (Å²) in [5.74, 6) is 0. The van der Waals surface area contributed by atoms with E-state index in [1.165, 1.54) is 0 Å². The van der Waals surface area contributed by atoms with Crippen LogP contribution in [0.25, 0.3) is 0 Å². The lowest BCUT2D eigenvalue weighted by molar-refractivity contribution is 0.0641. The van der Waals surface area contributed by atoms with Gasteiger partial charge in [-0.15, -0.1) is 0 Å². The van der Waals surface area contributed by atoms with Crippen LogP contribution in [-0.4, -0.2) is 38.5 Å². The van der Waals surface area contributed by atoms with E-state index in [-0.39, 0.29) is 0 Å². The van der Waals surface area contributed by atoms with Crippen LogP contribution in [0.15, 0.2) is 0 Å². The summed E-state index contributed by atoms with van der Waals surface area (Å²) in [6.45, 7) is 1.59. The first-order valence-electron chi connectivity index (χ1n) is 2.90. The Hall–Kier alpha value is -0.155. The highest BCUT2D eigenvalue weighted by molar-refractivity contribution is 6.39. The summed E-state index contributed by atoms with van der Waals surface area (Å²) in [6, 6.07) is 0. The lowest BCUT2D eigenvalue weighted by Gasteiger charge is -2.23. The summed E-state index contributed by atoms with van der Waals surface area (Å²) in [5.41, 5.74) is 0. The molecule has 1 aliphatic heterocycles. The Balaban J connectivity index is 2.23. The first-order chi connectivity index (χ1) is 4.30. The van der Waals surface area contributed by atoms with Crippen molar-refractivity contribution in [2.45, 2.75) is 0 Å². The van der Waals surface area contributed by atoms with Gasteiger partial charge in [-0.05, 0) is 0 Å². The van der Waals surface area contributed by atoms with Crippen molar-refractivity contribution in [2.24, 2.45) is 0 Å². The maximum Gasteiger partial charge on any atom is 0.636 e. The molecule has 0 unspecified atom stereocenters. The highest BCUT2D eigenvalue weighted by atomic mass is 19.2. The molecule has 0 aliphatic carbocycles. The fraction of sp³-hybridized carbons (Fsp3) is 1.00. The minimum absolute atomic E-state index is 0.359. The van der Waals surface area contributed by atoms with Gasteiger partial charge in [-0.2, -0.15) is 0 Å². The molecule has 0 amide bonds. The van der Waals surface area contributed by atoms with E-state index < -0.39 is 7.40 Å². The van der Waals surface area contributed by atoms with Crippen molar-refractivity contribution in [1.29, 1.82) is 0 Å². The third-order valence-electron chi connectivity index (χ3n) is 1.32. The highest BCUT2D eigenvalue weighted by Crippen LogP contribution is 2.01. The quantitative estimate of drug-likeness (QED) is 0.477. The fourth-order valence-corrected chi connectivity index (χ4v) is 0.773. The third-order valence-corrected chi connectivity index (χ3v) is 1.32. The topological polar surface area (TPSA) is 12.5 Å². The molecule has 0 aromatic heterocycles. The predicted molar refractivity (Wildman–Crippen MR) is 30.4 cm³/mol. The number of hydrogen-bond donors (Lipinski definition) is 0. The number of hydrogen-bond acceptors (Lipinski definition) is 2. The van der Waals surface area contributed by atoms with E-state index in [9.17, 15) is 8.63 Å². The second kappa shape index (κ2) is 3.13. The maximum atomic E-state index is 11.8. The molecule has 0 N–H and O–H groups in total. The van der Waals surface area contributed by atoms with Crippen molar-refractivity contribution in [3.8, 4) is 0 Å². The van der Waals surface area contributed by atoms with Crippen LogP contribution in [0.4, 0.5) is 8.63 Å². The number of rotatable bonds is 1. The van der Waals surface area contributed by atoms with Crippen LogP contribution >= 0.6 is 0 Å². The maximum absolute atomic E-state index is 11.8. The molecule has 1 aliphatic rings. The van der Waals surface area contributed by atoms with E-state index in [1.807, 2.05) is 0 Å². The normalized spacial score (nSPS) is 22.0. The first-order valence-corrected chi connectivity index (χ1v) is 2.90. The van der Waals surface area contributed by atoms with Gasteiger partial charge in [0.15, 0.2) is 0 Å². The Labute approximate surface area is 53.0 Å². The molecule has 1 fully saturated rings. The zero-order valence-corrected chi connectivity index (χ0v) is 5.02. The Morgan fingerprint density at radius 2 is 1.78 bits per heavy atom. The molecule has 52 valence electrons. The van der Waals surface area contributed by atoms with Gasteiger partial charge in [-0.3, -0.25) is 13.4 Å². The second-order valence-electron chi connectivity index (χ2n) is 1.93. The second-order valence-corrected chi connectivity index (χ2v) is 1.93. The molecular weight excluding hydrogens is 127 g/mol. The van der Waals surface area contributed by atoms with E-state index >= 15 is 0 Å². The Morgan fingerprint density at radius 1 is 1.22 bits per heavy atom. The number of halogens is 2. The molecule has 9 heavy (non-hydrogen) atoms. The van der Waals surface area contributed by atoms with E-state index in [1.54, 1.807) is 0 Å². The van der Waals surface area contributed by atoms with Gasteiger partial charge >= 0.3 is 7.40 Å². The molecule has 5 heteroatoms. The average molecular weight is 135 g/mol. The number of nitrogens with zero attached hydrogens (tertiary/aromatic N) is 1. The monoisotopic (exact) mass is 135 g/mol. The zero-order valence-electron chi connectivity index (χ0n) is 5.02. The van der Waals surface area contributed by atoms with Crippen LogP contribution in [0.5, 0.6) is 0 Å². The summed E-state index contributed by atoms with van der Waals surface area (Å²) in [6.07, 6.45) is 0. The SMILES string of the molecule is FB(F)N1CCOCC1. The lowest BCUT2D eigenvalue weighted by Crippen LogP contribution is -2.42. The summed E-state index contributed by atoms with van der Waals surface area (Å²) < 4.78 is 28.5. The van der Waals surface area contributed by atoms with Gasteiger partial charge < -0.3 is 4.74 Å². The van der Waals surface area contributed by atoms with Crippen molar-refractivity contribution in [1.82, 2.24) is 4.81 Å². The molecule has 2 nitrogen and oxygen atoms in total. The summed E-state index contributed by atoms with van der Waals surface area (Å²) in [4.78, 5) is 1.10. The molecule has 1 rings (SSSR count). The number of ether oxygens (including phenoxy) is 1. The van der Waals surface area contributed by atoms with Gasteiger partial charge in [0.05, 0.1) is 13.2 Å². The van der Waals surface area contributed by atoms with Gasteiger partial charge in [0.1, 0.15) is 0 Å². The summed E-state index contributed by atoms with van der Waals surface area (Å²) >= 11 is 0. The molecule has 0 atom stereocenters. The molecule has 0 aromatic carbocycles. The lowest BCUT2D eigenvalue weighted by atomic mass is 10.1. The van der Waals surface area contributed by atoms with Crippen LogP contribution in [-0.2, 0) is 4.74 Å². The van der Waals surface area contributed by atoms with Crippen LogP contribution in [0, 0.1) is 0 Å². The van der Waals surface area contributed by atoms with E-state index in [4.69, 9.17) is 4.74 Å². The van der Waals surface area contributed by atoms with Gasteiger partial charge in [-0.25, -0.2) is 0 Å². The minimum atomic E-state index is -2.31. The van der Waals surface area contributed by atoms with Gasteiger partial charge in [0.25, 0.3) is 0 Å². The minimum Gasteiger partial charge on any atom is -0.379 e. The van der Waals surface area contributed by atoms with Gasteiger partial charge in [-0.1, -0.05) is 0 Å².